The molecule has 5 nitrogen and oxygen atoms in total. The van der Waals surface area contributed by atoms with Gasteiger partial charge in [0, 0.05) is 37.2 Å². The Morgan fingerprint density at radius 2 is 1.60 bits per heavy atom. The first-order chi connectivity index (χ1) is 19.2. The standard InChI is InChI=1S/C32H33ClFN3O2Si/c1-32(2,3)40(25-11-6-4-7-12-25,26-13-8-5-9-14-26)39-16-10-15-37-30-18-27(33)28(34)19-29(30)36-31(37)24-17-23(22-38)20-35-21-24/h4-9,11-14,17-21,38H,10,15-16,22H2,1-3H3. The molecule has 1 N–H and O–H groups in total. The molecule has 5 aromatic rings. The van der Waals surface area contributed by atoms with Crippen molar-refractivity contribution in [3.8, 4) is 11.4 Å². The molecule has 0 radical (unpaired) electrons. The fraction of sp³-hybridized carbons (Fsp3) is 0.250. The number of pyridine rings is 1. The highest BCUT2D eigenvalue weighted by molar-refractivity contribution is 6.99. The van der Waals surface area contributed by atoms with Crippen molar-refractivity contribution in [2.75, 3.05) is 6.61 Å². The first kappa shape index (κ1) is 28.2. The van der Waals surface area contributed by atoms with Gasteiger partial charge in [-0.1, -0.05) is 93.0 Å². The average molecular weight is 574 g/mol. The predicted octanol–water partition coefficient (Wildman–Crippen LogP) is 6.35. The van der Waals surface area contributed by atoms with E-state index in [1.54, 1.807) is 18.5 Å². The van der Waals surface area contributed by atoms with Crippen molar-refractivity contribution in [1.29, 1.82) is 0 Å². The average Bonchev–Trinajstić information content (AvgIpc) is 3.30. The Morgan fingerprint density at radius 3 is 2.20 bits per heavy atom. The van der Waals surface area contributed by atoms with Crippen molar-refractivity contribution in [3.63, 3.8) is 0 Å². The van der Waals surface area contributed by atoms with Crippen LogP contribution in [0.25, 0.3) is 22.4 Å². The number of aliphatic hydroxyl groups excluding tert-OH is 1. The van der Waals surface area contributed by atoms with Crippen molar-refractivity contribution in [2.45, 2.75) is 45.4 Å². The van der Waals surface area contributed by atoms with Crippen molar-refractivity contribution < 1.29 is 13.9 Å². The number of aromatic nitrogens is 3. The van der Waals surface area contributed by atoms with Gasteiger partial charge in [0.2, 0.25) is 0 Å². The second-order valence-corrected chi connectivity index (χ2v) is 15.7. The van der Waals surface area contributed by atoms with Gasteiger partial charge in [-0.15, -0.1) is 0 Å². The lowest BCUT2D eigenvalue weighted by Crippen LogP contribution is -2.66. The van der Waals surface area contributed by atoms with E-state index in [9.17, 15) is 9.50 Å². The summed E-state index contributed by atoms with van der Waals surface area (Å²) in [5.41, 5.74) is 2.67. The molecule has 0 aliphatic rings. The maximum Gasteiger partial charge on any atom is 0.261 e. The molecule has 0 aliphatic heterocycles. The molecular formula is C32H33ClFN3O2Si. The molecule has 0 aliphatic carbocycles. The van der Waals surface area contributed by atoms with Crippen LogP contribution in [0, 0.1) is 5.82 Å². The maximum atomic E-state index is 14.3. The third kappa shape index (κ3) is 5.34. The Hall–Kier alpha value is -3.36. The second kappa shape index (κ2) is 11.6. The van der Waals surface area contributed by atoms with E-state index < -0.39 is 14.1 Å². The van der Waals surface area contributed by atoms with E-state index in [4.69, 9.17) is 21.0 Å². The molecule has 2 aromatic heterocycles. The van der Waals surface area contributed by atoms with Gasteiger partial charge in [-0.2, -0.15) is 0 Å². The molecule has 0 unspecified atom stereocenters. The molecule has 0 atom stereocenters. The third-order valence-corrected chi connectivity index (χ3v) is 12.6. The van der Waals surface area contributed by atoms with Gasteiger partial charge in [0.25, 0.3) is 8.32 Å². The monoisotopic (exact) mass is 573 g/mol. The molecule has 0 saturated carbocycles. The Balaban J connectivity index is 1.50. The van der Waals surface area contributed by atoms with E-state index >= 15 is 0 Å². The van der Waals surface area contributed by atoms with Crippen LogP contribution in [0.3, 0.4) is 0 Å². The van der Waals surface area contributed by atoms with E-state index in [1.807, 2.05) is 22.8 Å². The summed E-state index contributed by atoms with van der Waals surface area (Å²) in [7, 11) is -2.66. The lowest BCUT2D eigenvalue weighted by Gasteiger charge is -2.43. The molecule has 0 spiro atoms. The van der Waals surface area contributed by atoms with Crippen LogP contribution in [-0.2, 0) is 17.6 Å². The molecule has 0 bridgehead atoms. The molecule has 3 aromatic carbocycles. The largest absolute Gasteiger partial charge is 0.407 e. The summed E-state index contributed by atoms with van der Waals surface area (Å²) >= 11 is 6.19. The van der Waals surface area contributed by atoms with Crippen LogP contribution in [0.2, 0.25) is 10.1 Å². The van der Waals surface area contributed by atoms with Crippen molar-refractivity contribution in [2.24, 2.45) is 0 Å². The highest BCUT2D eigenvalue weighted by atomic mass is 35.5. The predicted molar refractivity (Wildman–Crippen MR) is 162 cm³/mol. The molecule has 206 valence electrons. The van der Waals surface area contributed by atoms with E-state index in [2.05, 4.69) is 74.3 Å². The Morgan fingerprint density at radius 1 is 0.950 bits per heavy atom. The highest BCUT2D eigenvalue weighted by Gasteiger charge is 2.49. The smallest absolute Gasteiger partial charge is 0.261 e. The summed E-state index contributed by atoms with van der Waals surface area (Å²) < 4.78 is 23.5. The van der Waals surface area contributed by atoms with Crippen LogP contribution in [0.5, 0.6) is 0 Å². The number of fused-ring (bicyclic) bond motifs is 1. The quantitative estimate of drug-likeness (QED) is 0.165. The topological polar surface area (TPSA) is 60.2 Å². The van der Waals surface area contributed by atoms with Crippen LogP contribution in [0.15, 0.2) is 91.3 Å². The van der Waals surface area contributed by atoms with Crippen LogP contribution >= 0.6 is 11.6 Å². The van der Waals surface area contributed by atoms with Gasteiger partial charge in [0.15, 0.2) is 0 Å². The fourth-order valence-corrected chi connectivity index (χ4v) is 10.2. The first-order valence-electron chi connectivity index (χ1n) is 13.4. The number of nitrogens with zero attached hydrogens (tertiary/aromatic N) is 3. The number of rotatable bonds is 9. The van der Waals surface area contributed by atoms with Gasteiger partial charge in [0.1, 0.15) is 11.6 Å². The number of hydrogen-bond donors (Lipinski definition) is 1. The van der Waals surface area contributed by atoms with Crippen LogP contribution in [0.1, 0.15) is 32.8 Å². The SMILES string of the molecule is CC(C)(C)[Si](OCCCn1c(-c2cncc(CO)c2)nc2cc(F)c(Cl)cc21)(c1ccccc1)c1ccccc1. The third-order valence-electron chi connectivity index (χ3n) is 7.29. The van der Waals surface area contributed by atoms with E-state index in [-0.39, 0.29) is 16.7 Å². The van der Waals surface area contributed by atoms with Crippen LogP contribution in [-0.4, -0.2) is 34.6 Å². The number of imidazole rings is 1. The van der Waals surface area contributed by atoms with Crippen LogP contribution < -0.4 is 10.4 Å². The zero-order chi connectivity index (χ0) is 28.3. The minimum absolute atomic E-state index is 0.0472. The maximum absolute atomic E-state index is 14.3. The van der Waals surface area contributed by atoms with Crippen molar-refractivity contribution in [1.82, 2.24) is 14.5 Å². The van der Waals surface area contributed by atoms with Gasteiger partial charge in [-0.05, 0) is 39.5 Å². The van der Waals surface area contributed by atoms with Gasteiger partial charge >= 0.3 is 0 Å². The van der Waals surface area contributed by atoms with E-state index in [0.717, 1.165) is 11.1 Å². The molecule has 2 heterocycles. The number of hydrogen-bond acceptors (Lipinski definition) is 4. The van der Waals surface area contributed by atoms with Gasteiger partial charge in [-0.25, -0.2) is 9.37 Å². The minimum Gasteiger partial charge on any atom is -0.407 e. The summed E-state index contributed by atoms with van der Waals surface area (Å²) in [5, 5.41) is 12.0. The number of aryl methyl sites for hydroxylation is 1. The zero-order valence-electron chi connectivity index (χ0n) is 22.9. The number of aliphatic hydroxyl groups is 1. The molecule has 0 saturated heterocycles. The van der Waals surface area contributed by atoms with Crippen LogP contribution in [0.4, 0.5) is 4.39 Å². The van der Waals surface area contributed by atoms with Gasteiger partial charge in [0.05, 0.1) is 22.7 Å². The van der Waals surface area contributed by atoms with Crippen molar-refractivity contribution >= 4 is 41.3 Å². The zero-order valence-corrected chi connectivity index (χ0v) is 24.7. The summed E-state index contributed by atoms with van der Waals surface area (Å²) in [5.74, 6) is 0.132. The first-order valence-corrected chi connectivity index (χ1v) is 15.7. The lowest BCUT2D eigenvalue weighted by molar-refractivity contribution is 0.281. The van der Waals surface area contributed by atoms with Crippen molar-refractivity contribution in [3.05, 3.63) is 108 Å². The second-order valence-electron chi connectivity index (χ2n) is 10.9. The highest BCUT2D eigenvalue weighted by Crippen LogP contribution is 2.37. The van der Waals surface area contributed by atoms with E-state index in [0.29, 0.717) is 36.5 Å². The number of halogens is 2. The lowest BCUT2D eigenvalue weighted by atomic mass is 10.2. The van der Waals surface area contributed by atoms with E-state index in [1.165, 1.54) is 16.4 Å². The molecular weight excluding hydrogens is 541 g/mol. The van der Waals surface area contributed by atoms with Gasteiger partial charge < -0.3 is 14.1 Å². The summed E-state index contributed by atoms with van der Waals surface area (Å²) in [6, 6.07) is 26.0. The summed E-state index contributed by atoms with van der Waals surface area (Å²) in [6.45, 7) is 7.76. The summed E-state index contributed by atoms with van der Waals surface area (Å²) in [4.78, 5) is 9.00. The molecule has 40 heavy (non-hydrogen) atoms. The fourth-order valence-electron chi connectivity index (χ4n) is 5.47. The molecule has 8 heteroatoms. The molecule has 0 fully saturated rings. The molecule has 0 amide bonds. The molecule has 5 rings (SSSR count). The van der Waals surface area contributed by atoms with Gasteiger partial charge in [-0.3, -0.25) is 4.98 Å². The summed E-state index contributed by atoms with van der Waals surface area (Å²) in [6.07, 6.45) is 4.02. The Bertz CT molecular complexity index is 1560. The number of benzene rings is 3. The minimum atomic E-state index is -2.66. The Kier molecular flexibility index (Phi) is 8.19. The normalized spacial score (nSPS) is 12.2. The Labute approximate surface area is 240 Å².